The van der Waals surface area contributed by atoms with E-state index in [0.29, 0.717) is 24.3 Å². The molecule has 0 bridgehead atoms. The summed E-state index contributed by atoms with van der Waals surface area (Å²) in [5.41, 5.74) is 0.537. The number of ether oxygens (including phenoxy) is 3. The summed E-state index contributed by atoms with van der Waals surface area (Å²) in [6.07, 6.45) is 4.74. The van der Waals surface area contributed by atoms with Crippen molar-refractivity contribution in [2.24, 2.45) is 0 Å². The molecule has 0 radical (unpaired) electrons. The third-order valence-corrected chi connectivity index (χ3v) is 3.51. The first-order chi connectivity index (χ1) is 11.9. The highest BCUT2D eigenvalue weighted by Crippen LogP contribution is 2.24. The molecule has 6 heteroatoms. The zero-order valence-corrected chi connectivity index (χ0v) is 14.4. The minimum Gasteiger partial charge on any atom is -0.494 e. The largest absolute Gasteiger partial charge is 0.494 e. The predicted octanol–water partition coefficient (Wildman–Crippen LogP) is 3.37. The van der Waals surface area contributed by atoms with E-state index in [1.54, 1.807) is 24.3 Å². The molecule has 2 rings (SSSR count). The standard InChI is InChI=1S/C19H21NO5/c1-19(2)24-17(21)16(18(22)25-19)13-14-7-9-15(10-8-14)23-12-6-4-3-5-11-20/h7-10,13H,3-6,12H2,1-2H3. The Bertz CT molecular complexity index is 676. The first-order valence-electron chi connectivity index (χ1n) is 8.19. The van der Waals surface area contributed by atoms with Gasteiger partial charge in [-0.3, -0.25) is 0 Å². The van der Waals surface area contributed by atoms with E-state index in [9.17, 15) is 9.59 Å². The molecular weight excluding hydrogens is 322 g/mol. The molecule has 1 aromatic carbocycles. The van der Waals surface area contributed by atoms with Gasteiger partial charge in [-0.05, 0) is 43.0 Å². The lowest BCUT2D eigenvalue weighted by atomic mass is 10.1. The van der Waals surface area contributed by atoms with E-state index in [1.807, 2.05) is 0 Å². The molecule has 0 atom stereocenters. The Kier molecular flexibility index (Phi) is 6.18. The van der Waals surface area contributed by atoms with Gasteiger partial charge in [0.15, 0.2) is 0 Å². The zero-order chi connectivity index (χ0) is 18.3. The molecule has 0 unspecified atom stereocenters. The molecule has 1 aromatic rings. The van der Waals surface area contributed by atoms with E-state index in [4.69, 9.17) is 19.5 Å². The second-order valence-corrected chi connectivity index (χ2v) is 6.12. The van der Waals surface area contributed by atoms with Crippen molar-refractivity contribution < 1.29 is 23.8 Å². The van der Waals surface area contributed by atoms with E-state index in [1.165, 1.54) is 19.9 Å². The lowest BCUT2D eigenvalue weighted by molar-refractivity contribution is -0.222. The second kappa shape index (κ2) is 8.34. The number of rotatable bonds is 7. The Morgan fingerprint density at radius 3 is 2.32 bits per heavy atom. The Morgan fingerprint density at radius 2 is 1.72 bits per heavy atom. The van der Waals surface area contributed by atoms with Crippen LogP contribution < -0.4 is 4.74 Å². The van der Waals surface area contributed by atoms with Gasteiger partial charge < -0.3 is 14.2 Å². The van der Waals surface area contributed by atoms with Crippen molar-refractivity contribution >= 4 is 18.0 Å². The van der Waals surface area contributed by atoms with Crippen LogP contribution in [0.25, 0.3) is 6.08 Å². The molecule has 6 nitrogen and oxygen atoms in total. The van der Waals surface area contributed by atoms with E-state index in [2.05, 4.69) is 6.07 Å². The predicted molar refractivity (Wildman–Crippen MR) is 90.3 cm³/mol. The van der Waals surface area contributed by atoms with E-state index < -0.39 is 17.7 Å². The molecule has 1 aliphatic rings. The van der Waals surface area contributed by atoms with Gasteiger partial charge in [-0.15, -0.1) is 0 Å². The molecule has 1 heterocycles. The zero-order valence-electron chi connectivity index (χ0n) is 14.4. The van der Waals surface area contributed by atoms with E-state index >= 15 is 0 Å². The van der Waals surface area contributed by atoms with Crippen LogP contribution in [-0.4, -0.2) is 24.3 Å². The minimum absolute atomic E-state index is 0.134. The molecule has 1 aliphatic heterocycles. The lowest BCUT2D eigenvalue weighted by Gasteiger charge is -2.29. The van der Waals surface area contributed by atoms with Gasteiger partial charge in [0.2, 0.25) is 0 Å². The summed E-state index contributed by atoms with van der Waals surface area (Å²) in [5, 5.41) is 8.46. The van der Waals surface area contributed by atoms with Crippen LogP contribution in [0.3, 0.4) is 0 Å². The van der Waals surface area contributed by atoms with Crippen LogP contribution in [0.4, 0.5) is 0 Å². The number of hydrogen-bond donors (Lipinski definition) is 0. The summed E-state index contributed by atoms with van der Waals surface area (Å²) < 4.78 is 15.7. The van der Waals surface area contributed by atoms with Gasteiger partial charge in [-0.25, -0.2) is 9.59 Å². The van der Waals surface area contributed by atoms with Crippen LogP contribution in [0.15, 0.2) is 29.8 Å². The van der Waals surface area contributed by atoms with Crippen LogP contribution >= 0.6 is 0 Å². The Hall–Kier alpha value is -2.81. The average Bonchev–Trinajstić information content (AvgIpc) is 2.54. The highest BCUT2D eigenvalue weighted by Gasteiger charge is 2.38. The summed E-state index contributed by atoms with van der Waals surface area (Å²) >= 11 is 0. The van der Waals surface area contributed by atoms with Gasteiger partial charge in [0.25, 0.3) is 5.79 Å². The molecular formula is C19H21NO5. The molecule has 1 saturated heterocycles. The Morgan fingerprint density at radius 1 is 1.08 bits per heavy atom. The van der Waals surface area contributed by atoms with Gasteiger partial charge in [0.05, 0.1) is 12.7 Å². The number of carbonyl (C=O) groups excluding carboxylic acids is 2. The van der Waals surface area contributed by atoms with E-state index in [-0.39, 0.29) is 5.57 Å². The highest BCUT2D eigenvalue weighted by atomic mass is 16.7. The van der Waals surface area contributed by atoms with Crippen LogP contribution in [0.5, 0.6) is 5.75 Å². The summed E-state index contributed by atoms with van der Waals surface area (Å²) in [4.78, 5) is 23.8. The van der Waals surface area contributed by atoms with Gasteiger partial charge in [0.1, 0.15) is 11.3 Å². The fourth-order valence-electron chi connectivity index (χ4n) is 2.28. The summed E-state index contributed by atoms with van der Waals surface area (Å²) in [6, 6.07) is 9.15. The molecule has 0 aliphatic carbocycles. The molecule has 0 aromatic heterocycles. The normalized spacial score (nSPS) is 15.8. The second-order valence-electron chi connectivity index (χ2n) is 6.12. The third-order valence-electron chi connectivity index (χ3n) is 3.51. The van der Waals surface area contributed by atoms with Crippen molar-refractivity contribution in [2.75, 3.05) is 6.61 Å². The number of carbonyl (C=O) groups is 2. The Balaban J connectivity index is 1.91. The summed E-state index contributed by atoms with van der Waals surface area (Å²) in [7, 11) is 0. The molecule has 0 saturated carbocycles. The number of nitrogens with zero attached hydrogens (tertiary/aromatic N) is 1. The average molecular weight is 343 g/mol. The van der Waals surface area contributed by atoms with Gasteiger partial charge >= 0.3 is 11.9 Å². The minimum atomic E-state index is -1.24. The maximum Gasteiger partial charge on any atom is 0.348 e. The molecule has 132 valence electrons. The van der Waals surface area contributed by atoms with Crippen molar-refractivity contribution in [1.82, 2.24) is 0 Å². The van der Waals surface area contributed by atoms with Crippen molar-refractivity contribution in [3.63, 3.8) is 0 Å². The highest BCUT2D eigenvalue weighted by molar-refractivity contribution is 6.18. The number of esters is 2. The number of cyclic esters (lactones) is 2. The molecule has 25 heavy (non-hydrogen) atoms. The molecule has 0 N–H and O–H groups in total. The smallest absolute Gasteiger partial charge is 0.348 e. The maximum absolute atomic E-state index is 11.9. The number of unbranched alkanes of at least 4 members (excludes halogenated alkanes) is 3. The fourth-order valence-corrected chi connectivity index (χ4v) is 2.28. The third kappa shape index (κ3) is 5.64. The van der Waals surface area contributed by atoms with Crippen molar-refractivity contribution in [3.05, 3.63) is 35.4 Å². The van der Waals surface area contributed by atoms with Gasteiger partial charge in [-0.2, -0.15) is 5.26 Å². The SMILES string of the molecule is CC1(C)OC(=O)C(=Cc2ccc(OCCCCCC#N)cc2)C(=O)O1. The van der Waals surface area contributed by atoms with Crippen LogP contribution in [-0.2, 0) is 19.1 Å². The summed E-state index contributed by atoms with van der Waals surface area (Å²) in [6.45, 7) is 3.59. The first kappa shape index (κ1) is 18.5. The van der Waals surface area contributed by atoms with Crippen molar-refractivity contribution in [2.45, 2.75) is 45.3 Å². The van der Waals surface area contributed by atoms with Crippen LogP contribution in [0, 0.1) is 11.3 Å². The quantitative estimate of drug-likeness (QED) is 0.326. The first-order valence-corrected chi connectivity index (χ1v) is 8.19. The van der Waals surface area contributed by atoms with Crippen molar-refractivity contribution in [3.8, 4) is 11.8 Å². The maximum atomic E-state index is 11.9. The molecule has 0 amide bonds. The number of benzene rings is 1. The van der Waals surface area contributed by atoms with Crippen LogP contribution in [0.2, 0.25) is 0 Å². The van der Waals surface area contributed by atoms with Crippen molar-refractivity contribution in [1.29, 1.82) is 5.26 Å². The number of hydrogen-bond acceptors (Lipinski definition) is 6. The summed E-state index contributed by atoms with van der Waals surface area (Å²) in [5.74, 6) is -1.92. The topological polar surface area (TPSA) is 85.6 Å². The molecule has 0 spiro atoms. The lowest BCUT2D eigenvalue weighted by Crippen LogP contribution is -2.41. The van der Waals surface area contributed by atoms with Gasteiger partial charge in [-0.1, -0.05) is 12.1 Å². The Labute approximate surface area is 147 Å². The van der Waals surface area contributed by atoms with Crippen LogP contribution in [0.1, 0.15) is 45.1 Å². The van der Waals surface area contributed by atoms with Gasteiger partial charge in [0, 0.05) is 20.3 Å². The fraction of sp³-hybridized carbons (Fsp3) is 0.421. The monoisotopic (exact) mass is 343 g/mol. The molecule has 1 fully saturated rings. The van der Waals surface area contributed by atoms with E-state index in [0.717, 1.165) is 19.3 Å². The number of nitriles is 1.